The van der Waals surface area contributed by atoms with Crippen molar-refractivity contribution in [1.82, 2.24) is 0 Å². The van der Waals surface area contributed by atoms with Gasteiger partial charge < -0.3 is 4.90 Å². The molecule has 0 atom stereocenters. The Morgan fingerprint density at radius 2 is 2.29 bits per heavy atom. The molecule has 0 aromatic heterocycles. The maximum absolute atomic E-state index is 11.6. The van der Waals surface area contributed by atoms with E-state index in [4.69, 9.17) is 0 Å². The monoisotopic (exact) mass is 205 g/mol. The summed E-state index contributed by atoms with van der Waals surface area (Å²) in [4.78, 5) is 14.6. The molecule has 72 valence electrons. The number of rotatable bonds is 2. The maximum Gasteiger partial charge on any atom is 0.237 e. The maximum atomic E-state index is 11.6. The lowest BCUT2D eigenvalue weighted by atomic mass is 10.2. The predicted molar refractivity (Wildman–Crippen MR) is 59.7 cm³/mol. The van der Waals surface area contributed by atoms with Gasteiger partial charge >= 0.3 is 0 Å². The Morgan fingerprint density at radius 1 is 1.50 bits per heavy atom. The summed E-state index contributed by atoms with van der Waals surface area (Å²) in [6.45, 7) is 4.26. The van der Waals surface area contributed by atoms with E-state index in [1.165, 1.54) is 4.90 Å². The minimum atomic E-state index is 0.161. The van der Waals surface area contributed by atoms with Crippen LogP contribution in [0, 0.1) is 0 Å². The van der Waals surface area contributed by atoms with Gasteiger partial charge in [-0.15, -0.1) is 18.3 Å². The van der Waals surface area contributed by atoms with Crippen molar-refractivity contribution in [3.8, 4) is 0 Å². The lowest BCUT2D eigenvalue weighted by Gasteiger charge is -2.27. The summed E-state index contributed by atoms with van der Waals surface area (Å²) in [5.74, 6) is 0.693. The van der Waals surface area contributed by atoms with E-state index in [-0.39, 0.29) is 5.91 Å². The highest BCUT2D eigenvalue weighted by Gasteiger charge is 2.22. The largest absolute Gasteiger partial charge is 0.307 e. The Labute approximate surface area is 87.6 Å². The molecule has 0 bridgehead atoms. The summed E-state index contributed by atoms with van der Waals surface area (Å²) in [5.41, 5.74) is 1.01. The SMILES string of the molecule is C=CCN1C(=O)CSc2ccccc21. The number of thioether (sulfide) groups is 1. The molecule has 3 heteroatoms. The molecule has 0 radical (unpaired) electrons. The molecule has 1 aromatic rings. The van der Waals surface area contributed by atoms with Crippen LogP contribution in [0.5, 0.6) is 0 Å². The third-order valence-corrected chi connectivity index (χ3v) is 3.17. The lowest BCUT2D eigenvalue weighted by Crippen LogP contribution is -2.35. The molecule has 0 N–H and O–H groups in total. The van der Waals surface area contributed by atoms with E-state index in [0.29, 0.717) is 12.3 Å². The number of carbonyl (C=O) groups is 1. The number of anilines is 1. The zero-order valence-electron chi connectivity index (χ0n) is 7.77. The van der Waals surface area contributed by atoms with Crippen LogP contribution in [0.2, 0.25) is 0 Å². The highest BCUT2D eigenvalue weighted by atomic mass is 32.2. The molecule has 1 aliphatic rings. The molecular formula is C11H11NOS. The van der Waals surface area contributed by atoms with Crippen LogP contribution in [-0.4, -0.2) is 18.2 Å². The van der Waals surface area contributed by atoms with E-state index >= 15 is 0 Å². The predicted octanol–water partition coefficient (Wildman–Crippen LogP) is 2.31. The second kappa shape index (κ2) is 3.88. The molecular weight excluding hydrogens is 194 g/mol. The van der Waals surface area contributed by atoms with Crippen molar-refractivity contribution in [2.24, 2.45) is 0 Å². The molecule has 0 saturated heterocycles. The minimum Gasteiger partial charge on any atom is -0.307 e. The number of nitrogens with zero attached hydrogens (tertiary/aromatic N) is 1. The summed E-state index contributed by atoms with van der Waals surface area (Å²) >= 11 is 1.60. The molecule has 2 rings (SSSR count). The Balaban J connectivity index is 2.40. The number of fused-ring (bicyclic) bond motifs is 1. The normalized spacial score (nSPS) is 15.1. The van der Waals surface area contributed by atoms with E-state index in [1.807, 2.05) is 24.3 Å². The van der Waals surface area contributed by atoms with Crippen LogP contribution >= 0.6 is 11.8 Å². The number of hydrogen-bond donors (Lipinski definition) is 0. The zero-order chi connectivity index (χ0) is 9.97. The van der Waals surface area contributed by atoms with Crippen molar-refractivity contribution in [3.05, 3.63) is 36.9 Å². The lowest BCUT2D eigenvalue weighted by molar-refractivity contribution is -0.116. The molecule has 14 heavy (non-hydrogen) atoms. The van der Waals surface area contributed by atoms with Gasteiger partial charge in [-0.1, -0.05) is 18.2 Å². The Morgan fingerprint density at radius 3 is 3.07 bits per heavy atom. The molecule has 1 aromatic carbocycles. The second-order valence-electron chi connectivity index (χ2n) is 3.05. The van der Waals surface area contributed by atoms with Gasteiger partial charge in [0.15, 0.2) is 0 Å². The first kappa shape index (κ1) is 9.34. The average molecular weight is 205 g/mol. The van der Waals surface area contributed by atoms with Crippen molar-refractivity contribution in [2.45, 2.75) is 4.90 Å². The molecule has 0 saturated carbocycles. The minimum absolute atomic E-state index is 0.161. The highest BCUT2D eigenvalue weighted by molar-refractivity contribution is 8.00. The van der Waals surface area contributed by atoms with Gasteiger partial charge in [-0.2, -0.15) is 0 Å². The van der Waals surface area contributed by atoms with Crippen LogP contribution in [-0.2, 0) is 4.79 Å². The molecule has 0 spiro atoms. The summed E-state index contributed by atoms with van der Waals surface area (Å²) < 4.78 is 0. The van der Waals surface area contributed by atoms with Gasteiger partial charge in [0, 0.05) is 11.4 Å². The summed E-state index contributed by atoms with van der Waals surface area (Å²) in [6, 6.07) is 7.97. The molecule has 2 nitrogen and oxygen atoms in total. The Hall–Kier alpha value is -1.22. The van der Waals surface area contributed by atoms with Gasteiger partial charge in [0.1, 0.15) is 0 Å². The van der Waals surface area contributed by atoms with Crippen LogP contribution in [0.25, 0.3) is 0 Å². The third kappa shape index (κ3) is 1.55. The van der Waals surface area contributed by atoms with Gasteiger partial charge in [-0.05, 0) is 12.1 Å². The summed E-state index contributed by atoms with van der Waals surface area (Å²) in [6.07, 6.45) is 1.75. The summed E-state index contributed by atoms with van der Waals surface area (Å²) in [7, 11) is 0. The van der Waals surface area contributed by atoms with E-state index in [0.717, 1.165) is 5.69 Å². The fourth-order valence-electron chi connectivity index (χ4n) is 1.48. The zero-order valence-corrected chi connectivity index (χ0v) is 8.59. The van der Waals surface area contributed by atoms with Crippen LogP contribution in [0.15, 0.2) is 41.8 Å². The smallest absolute Gasteiger partial charge is 0.237 e. The molecule has 0 aliphatic carbocycles. The van der Waals surface area contributed by atoms with Gasteiger partial charge in [0.05, 0.1) is 11.4 Å². The van der Waals surface area contributed by atoms with Crippen LogP contribution < -0.4 is 4.90 Å². The highest BCUT2D eigenvalue weighted by Crippen LogP contribution is 2.34. The van der Waals surface area contributed by atoms with Crippen molar-refractivity contribution < 1.29 is 4.79 Å². The van der Waals surface area contributed by atoms with Crippen LogP contribution in [0.3, 0.4) is 0 Å². The van der Waals surface area contributed by atoms with Crippen LogP contribution in [0.4, 0.5) is 5.69 Å². The van der Waals surface area contributed by atoms with E-state index in [1.54, 1.807) is 22.7 Å². The van der Waals surface area contributed by atoms with Gasteiger partial charge in [0.2, 0.25) is 5.91 Å². The Kier molecular flexibility index (Phi) is 2.59. The first-order chi connectivity index (χ1) is 6.83. The quantitative estimate of drug-likeness (QED) is 0.690. The second-order valence-corrected chi connectivity index (χ2v) is 4.07. The third-order valence-electron chi connectivity index (χ3n) is 2.12. The molecule has 0 fully saturated rings. The van der Waals surface area contributed by atoms with Crippen molar-refractivity contribution in [2.75, 3.05) is 17.2 Å². The van der Waals surface area contributed by atoms with E-state index in [2.05, 4.69) is 6.58 Å². The average Bonchev–Trinajstić information content (AvgIpc) is 2.23. The standard InChI is InChI=1S/C11H11NOS/c1-2-7-12-9-5-3-4-6-10(9)14-8-11(12)13/h2-6H,1,7-8H2. The fraction of sp³-hybridized carbons (Fsp3) is 0.182. The number of carbonyl (C=O) groups excluding carboxylic acids is 1. The van der Waals surface area contributed by atoms with Gasteiger partial charge in [-0.3, -0.25) is 4.79 Å². The van der Waals surface area contributed by atoms with Crippen LogP contribution in [0.1, 0.15) is 0 Å². The van der Waals surface area contributed by atoms with E-state index in [9.17, 15) is 4.79 Å². The molecule has 1 heterocycles. The Bertz CT molecular complexity index is 375. The van der Waals surface area contributed by atoms with Gasteiger partial charge in [0.25, 0.3) is 0 Å². The topological polar surface area (TPSA) is 20.3 Å². The first-order valence-corrected chi connectivity index (χ1v) is 5.44. The number of hydrogen-bond acceptors (Lipinski definition) is 2. The summed E-state index contributed by atoms with van der Waals surface area (Å²) in [5, 5.41) is 0. The fourth-order valence-corrected chi connectivity index (χ4v) is 2.42. The molecule has 0 unspecified atom stereocenters. The van der Waals surface area contributed by atoms with Gasteiger partial charge in [-0.25, -0.2) is 0 Å². The molecule has 1 aliphatic heterocycles. The molecule has 1 amide bonds. The number of para-hydroxylation sites is 1. The van der Waals surface area contributed by atoms with E-state index < -0.39 is 0 Å². The number of benzene rings is 1. The van der Waals surface area contributed by atoms with Crippen molar-refractivity contribution in [3.63, 3.8) is 0 Å². The first-order valence-electron chi connectivity index (χ1n) is 4.46. The number of amides is 1. The van der Waals surface area contributed by atoms with Crippen molar-refractivity contribution in [1.29, 1.82) is 0 Å². The van der Waals surface area contributed by atoms with Crippen molar-refractivity contribution >= 4 is 23.4 Å².